The highest BCUT2D eigenvalue weighted by molar-refractivity contribution is 5.25. The third-order valence-electron chi connectivity index (χ3n) is 2.19. The highest BCUT2D eigenvalue weighted by Gasteiger charge is 2.17. The predicted molar refractivity (Wildman–Crippen MR) is 50.3 cm³/mol. The lowest BCUT2D eigenvalue weighted by Gasteiger charge is -2.06. The maximum absolute atomic E-state index is 12.4. The van der Waals surface area contributed by atoms with Crippen LogP contribution in [0.25, 0.3) is 0 Å². The van der Waals surface area contributed by atoms with Crippen LogP contribution in [0.5, 0.6) is 0 Å². The van der Waals surface area contributed by atoms with Crippen LogP contribution in [-0.4, -0.2) is 15.8 Å². The van der Waals surface area contributed by atoms with Gasteiger partial charge in [0.05, 0.1) is 5.69 Å². The van der Waals surface area contributed by atoms with E-state index in [9.17, 15) is 8.78 Å². The maximum Gasteiger partial charge on any atom is 0.333 e. The highest BCUT2D eigenvalue weighted by Crippen LogP contribution is 2.19. The van der Waals surface area contributed by atoms with E-state index >= 15 is 0 Å². The first-order valence-corrected chi connectivity index (χ1v) is 4.51. The van der Waals surface area contributed by atoms with Crippen molar-refractivity contribution in [3.63, 3.8) is 0 Å². The van der Waals surface area contributed by atoms with E-state index in [1.165, 1.54) is 0 Å². The molecule has 14 heavy (non-hydrogen) atoms. The lowest BCUT2D eigenvalue weighted by atomic mass is 10.1. The molecule has 1 rings (SSSR count). The monoisotopic (exact) mass is 203 g/mol. The van der Waals surface area contributed by atoms with Gasteiger partial charge in [-0.2, -0.15) is 13.9 Å². The Kier molecular flexibility index (Phi) is 3.21. The summed E-state index contributed by atoms with van der Waals surface area (Å²) >= 11 is 0. The molecule has 0 saturated heterocycles. The van der Waals surface area contributed by atoms with Crippen molar-refractivity contribution in [3.8, 4) is 0 Å². The molecule has 1 heterocycles. The minimum absolute atomic E-state index is 0.0391. The molecule has 0 fully saturated rings. The molecule has 3 nitrogen and oxygen atoms in total. The summed E-state index contributed by atoms with van der Waals surface area (Å²) in [6.07, 6.45) is 0.588. The minimum Gasteiger partial charge on any atom is -0.328 e. The number of aromatic nitrogens is 2. The van der Waals surface area contributed by atoms with Gasteiger partial charge in [-0.05, 0) is 32.8 Å². The zero-order valence-electron chi connectivity index (χ0n) is 8.59. The van der Waals surface area contributed by atoms with E-state index in [4.69, 9.17) is 5.73 Å². The molecular formula is C9H15F2N3. The molecule has 1 atom stereocenters. The quantitative estimate of drug-likeness (QED) is 0.813. The number of halogens is 2. The van der Waals surface area contributed by atoms with E-state index < -0.39 is 6.55 Å². The fourth-order valence-corrected chi connectivity index (χ4v) is 1.50. The fraction of sp³-hybridized carbons (Fsp3) is 0.667. The molecular weight excluding hydrogens is 188 g/mol. The number of hydrogen-bond donors (Lipinski definition) is 1. The lowest BCUT2D eigenvalue weighted by molar-refractivity contribution is 0.0540. The van der Waals surface area contributed by atoms with E-state index in [0.717, 1.165) is 10.2 Å². The van der Waals surface area contributed by atoms with E-state index in [1.807, 2.05) is 6.92 Å². The summed E-state index contributed by atoms with van der Waals surface area (Å²) in [6.45, 7) is 2.64. The summed E-state index contributed by atoms with van der Waals surface area (Å²) in [5.74, 6) is 0. The molecule has 0 aliphatic carbocycles. The van der Waals surface area contributed by atoms with Crippen molar-refractivity contribution >= 4 is 0 Å². The Morgan fingerprint density at radius 3 is 2.36 bits per heavy atom. The van der Waals surface area contributed by atoms with Gasteiger partial charge in [0.25, 0.3) is 0 Å². The average Bonchev–Trinajstić information content (AvgIpc) is 2.31. The molecule has 0 radical (unpaired) electrons. The molecule has 0 aliphatic heterocycles. The Labute approximate surface area is 81.9 Å². The smallest absolute Gasteiger partial charge is 0.328 e. The molecule has 2 N–H and O–H groups in total. The molecule has 0 aliphatic rings. The van der Waals surface area contributed by atoms with Crippen molar-refractivity contribution in [2.75, 3.05) is 0 Å². The first-order chi connectivity index (χ1) is 6.43. The second-order valence-corrected chi connectivity index (χ2v) is 3.55. The third-order valence-corrected chi connectivity index (χ3v) is 2.19. The Hall–Kier alpha value is -0.970. The van der Waals surface area contributed by atoms with E-state index in [2.05, 4.69) is 5.10 Å². The number of nitrogens with two attached hydrogens (primary N) is 1. The van der Waals surface area contributed by atoms with Crippen LogP contribution in [0.2, 0.25) is 0 Å². The zero-order chi connectivity index (χ0) is 10.9. The number of aryl methyl sites for hydroxylation is 1. The van der Waals surface area contributed by atoms with Crippen molar-refractivity contribution in [3.05, 3.63) is 17.0 Å². The van der Waals surface area contributed by atoms with Crippen LogP contribution in [-0.2, 0) is 6.42 Å². The Morgan fingerprint density at radius 1 is 1.43 bits per heavy atom. The maximum atomic E-state index is 12.4. The van der Waals surface area contributed by atoms with Crippen molar-refractivity contribution in [2.24, 2.45) is 5.73 Å². The van der Waals surface area contributed by atoms with Gasteiger partial charge in [0.2, 0.25) is 0 Å². The van der Waals surface area contributed by atoms with E-state index in [1.54, 1.807) is 13.8 Å². The van der Waals surface area contributed by atoms with Crippen LogP contribution in [0, 0.1) is 13.8 Å². The van der Waals surface area contributed by atoms with Crippen LogP contribution >= 0.6 is 0 Å². The van der Waals surface area contributed by atoms with Gasteiger partial charge >= 0.3 is 6.55 Å². The fourth-order valence-electron chi connectivity index (χ4n) is 1.50. The normalized spacial score (nSPS) is 13.6. The van der Waals surface area contributed by atoms with Crippen LogP contribution in [0.1, 0.15) is 30.4 Å². The molecule has 1 unspecified atom stereocenters. The summed E-state index contributed by atoms with van der Waals surface area (Å²) < 4.78 is 25.6. The van der Waals surface area contributed by atoms with Crippen molar-refractivity contribution in [2.45, 2.75) is 39.8 Å². The molecule has 5 heteroatoms. The molecule has 0 saturated carbocycles. The van der Waals surface area contributed by atoms with E-state index in [-0.39, 0.29) is 6.04 Å². The molecule has 0 spiro atoms. The van der Waals surface area contributed by atoms with Crippen molar-refractivity contribution in [1.82, 2.24) is 9.78 Å². The van der Waals surface area contributed by atoms with Gasteiger partial charge in [-0.15, -0.1) is 0 Å². The number of hydrogen-bond acceptors (Lipinski definition) is 2. The standard InChI is InChI=1S/C9H15F2N3/c1-5(12)4-8-6(2)13-14(7(8)3)9(10)11/h5,9H,4,12H2,1-3H3. The van der Waals surface area contributed by atoms with Gasteiger partial charge in [0, 0.05) is 11.7 Å². The topological polar surface area (TPSA) is 43.8 Å². The second-order valence-electron chi connectivity index (χ2n) is 3.55. The molecule has 0 bridgehead atoms. The van der Waals surface area contributed by atoms with E-state index in [0.29, 0.717) is 17.8 Å². The summed E-state index contributed by atoms with van der Waals surface area (Å²) in [5.41, 5.74) is 7.60. The van der Waals surface area contributed by atoms with Gasteiger partial charge in [-0.1, -0.05) is 0 Å². The van der Waals surface area contributed by atoms with Gasteiger partial charge in [0.1, 0.15) is 0 Å². The molecule has 1 aromatic heterocycles. The third kappa shape index (κ3) is 2.09. The van der Waals surface area contributed by atoms with Gasteiger partial charge in [0.15, 0.2) is 0 Å². The van der Waals surface area contributed by atoms with Crippen molar-refractivity contribution < 1.29 is 8.78 Å². The largest absolute Gasteiger partial charge is 0.333 e. The Bertz CT molecular complexity index is 318. The second kappa shape index (κ2) is 4.04. The first kappa shape index (κ1) is 11.1. The Morgan fingerprint density at radius 2 is 2.00 bits per heavy atom. The predicted octanol–water partition coefficient (Wildman–Crippen LogP) is 1.78. The SMILES string of the molecule is Cc1nn(C(F)F)c(C)c1CC(C)N. The van der Waals surface area contributed by atoms with Crippen molar-refractivity contribution in [1.29, 1.82) is 0 Å². The summed E-state index contributed by atoms with van der Waals surface area (Å²) in [5, 5.41) is 3.77. The first-order valence-electron chi connectivity index (χ1n) is 4.51. The summed E-state index contributed by atoms with van der Waals surface area (Å²) in [4.78, 5) is 0. The Balaban J connectivity index is 3.05. The van der Waals surface area contributed by atoms with Crippen LogP contribution in [0.4, 0.5) is 8.78 Å². The average molecular weight is 203 g/mol. The zero-order valence-corrected chi connectivity index (χ0v) is 8.59. The van der Waals surface area contributed by atoms with Gasteiger partial charge in [-0.3, -0.25) is 0 Å². The van der Waals surface area contributed by atoms with Crippen LogP contribution in [0.3, 0.4) is 0 Å². The van der Waals surface area contributed by atoms with Crippen LogP contribution < -0.4 is 5.73 Å². The minimum atomic E-state index is -2.57. The van der Waals surface area contributed by atoms with Crippen LogP contribution in [0.15, 0.2) is 0 Å². The molecule has 1 aromatic rings. The number of rotatable bonds is 3. The molecule has 0 amide bonds. The van der Waals surface area contributed by atoms with Gasteiger partial charge < -0.3 is 5.73 Å². The summed E-state index contributed by atoms with van der Waals surface area (Å²) in [7, 11) is 0. The lowest BCUT2D eigenvalue weighted by Crippen LogP contribution is -2.18. The number of alkyl halides is 2. The van der Waals surface area contributed by atoms with Gasteiger partial charge in [-0.25, -0.2) is 4.68 Å². The molecule has 80 valence electrons. The molecule has 0 aromatic carbocycles. The summed E-state index contributed by atoms with van der Waals surface area (Å²) in [6, 6.07) is -0.0391. The highest BCUT2D eigenvalue weighted by atomic mass is 19.3. The number of nitrogens with zero attached hydrogens (tertiary/aromatic N) is 2.